The zero-order chi connectivity index (χ0) is 9.14. The van der Waals surface area contributed by atoms with E-state index in [4.69, 9.17) is 16.3 Å². The summed E-state index contributed by atoms with van der Waals surface area (Å²) in [5.41, 5.74) is 0. The molecule has 0 radical (unpaired) electrons. The molecule has 0 unspecified atom stereocenters. The van der Waals surface area contributed by atoms with E-state index < -0.39 is 5.82 Å². The van der Waals surface area contributed by atoms with Gasteiger partial charge in [0.05, 0.1) is 12.1 Å². The molecular weight excluding hydrogens is 199 g/mol. The van der Waals surface area contributed by atoms with Crippen LogP contribution in [0, 0.1) is 5.82 Å². The van der Waals surface area contributed by atoms with E-state index in [1.54, 1.807) is 12.1 Å². The first-order valence-corrected chi connectivity index (χ1v) is 4.87. The van der Waals surface area contributed by atoms with Crippen LogP contribution in [-0.2, 0) is 0 Å². The second-order valence-corrected chi connectivity index (χ2v) is 3.32. The molecule has 1 aromatic rings. The van der Waals surface area contributed by atoms with Gasteiger partial charge in [-0.15, -0.1) is 11.8 Å². The van der Waals surface area contributed by atoms with E-state index >= 15 is 0 Å². The van der Waals surface area contributed by atoms with Crippen molar-refractivity contribution in [3.8, 4) is 5.75 Å². The molecule has 12 heavy (non-hydrogen) atoms. The largest absolute Gasteiger partial charge is 0.494 e. The molecule has 4 heteroatoms. The van der Waals surface area contributed by atoms with Crippen molar-refractivity contribution in [3.63, 3.8) is 0 Å². The lowest BCUT2D eigenvalue weighted by Crippen LogP contribution is -1.89. The van der Waals surface area contributed by atoms with Gasteiger partial charge in [-0.25, -0.2) is 4.39 Å². The van der Waals surface area contributed by atoms with Crippen molar-refractivity contribution in [2.75, 3.05) is 13.4 Å². The average molecular weight is 207 g/mol. The van der Waals surface area contributed by atoms with Gasteiger partial charge in [-0.2, -0.15) is 0 Å². The lowest BCUT2D eigenvalue weighted by atomic mass is 10.3. The highest BCUT2D eigenvalue weighted by Gasteiger charge is 2.10. The Labute approximate surface area is 79.9 Å². The molecule has 0 saturated carbocycles. The number of thioether (sulfide) groups is 1. The number of hydrogen-bond donors (Lipinski definition) is 0. The van der Waals surface area contributed by atoms with E-state index in [0.717, 1.165) is 4.90 Å². The van der Waals surface area contributed by atoms with Gasteiger partial charge in [-0.3, -0.25) is 0 Å². The van der Waals surface area contributed by atoms with E-state index in [1.165, 1.54) is 18.9 Å². The molecule has 0 spiro atoms. The molecular formula is C8H8ClFOS. The van der Waals surface area contributed by atoms with Crippen LogP contribution in [0.5, 0.6) is 5.75 Å². The van der Waals surface area contributed by atoms with E-state index in [2.05, 4.69) is 0 Å². The van der Waals surface area contributed by atoms with Crippen molar-refractivity contribution < 1.29 is 9.13 Å². The van der Waals surface area contributed by atoms with Crippen LogP contribution in [0.15, 0.2) is 17.0 Å². The van der Waals surface area contributed by atoms with Crippen LogP contribution >= 0.6 is 23.4 Å². The third-order valence-corrected chi connectivity index (χ3v) is 2.71. The predicted octanol–water partition coefficient (Wildman–Crippen LogP) is 3.21. The van der Waals surface area contributed by atoms with Gasteiger partial charge in [0.25, 0.3) is 0 Å². The van der Waals surface area contributed by atoms with Crippen LogP contribution in [0.3, 0.4) is 0 Å². The summed E-state index contributed by atoms with van der Waals surface area (Å²) in [6, 6.07) is 3.29. The summed E-state index contributed by atoms with van der Waals surface area (Å²) in [7, 11) is 1.41. The Balaban J connectivity index is 3.20. The molecule has 1 rings (SSSR count). The number of halogens is 2. The summed E-state index contributed by atoms with van der Waals surface area (Å²) in [6.45, 7) is 0. The Morgan fingerprint density at radius 2 is 2.17 bits per heavy atom. The minimum absolute atomic E-state index is 0.127. The van der Waals surface area contributed by atoms with Crippen molar-refractivity contribution in [1.29, 1.82) is 0 Å². The smallest absolute Gasteiger partial charge is 0.184 e. The number of methoxy groups -OCH3 is 1. The molecule has 0 fully saturated rings. The van der Waals surface area contributed by atoms with Crippen molar-refractivity contribution in [2.24, 2.45) is 0 Å². The predicted molar refractivity (Wildman–Crippen MR) is 49.7 cm³/mol. The quantitative estimate of drug-likeness (QED) is 0.688. The van der Waals surface area contributed by atoms with Gasteiger partial charge in [0.15, 0.2) is 11.6 Å². The van der Waals surface area contributed by atoms with Crippen molar-refractivity contribution in [2.45, 2.75) is 4.90 Å². The summed E-state index contributed by atoms with van der Waals surface area (Å²) in [6.07, 6.45) is 1.84. The third kappa shape index (κ3) is 1.67. The first-order valence-electron chi connectivity index (χ1n) is 3.26. The summed E-state index contributed by atoms with van der Waals surface area (Å²) >= 11 is 7.10. The minimum Gasteiger partial charge on any atom is -0.494 e. The molecule has 0 atom stereocenters. The number of hydrogen-bond acceptors (Lipinski definition) is 2. The van der Waals surface area contributed by atoms with Crippen molar-refractivity contribution in [3.05, 3.63) is 23.0 Å². The van der Waals surface area contributed by atoms with Crippen LogP contribution in [0.25, 0.3) is 0 Å². The molecule has 66 valence electrons. The monoisotopic (exact) mass is 206 g/mol. The molecule has 1 nitrogen and oxygen atoms in total. The maximum Gasteiger partial charge on any atom is 0.184 e. The van der Waals surface area contributed by atoms with Crippen molar-refractivity contribution >= 4 is 23.4 Å². The molecule has 0 heterocycles. The zero-order valence-electron chi connectivity index (χ0n) is 6.73. The highest BCUT2D eigenvalue weighted by molar-refractivity contribution is 7.98. The Kier molecular flexibility index (Phi) is 3.23. The van der Waals surface area contributed by atoms with Crippen LogP contribution in [-0.4, -0.2) is 13.4 Å². The normalized spacial score (nSPS) is 10.0. The van der Waals surface area contributed by atoms with Crippen LogP contribution in [0.4, 0.5) is 4.39 Å². The van der Waals surface area contributed by atoms with Gasteiger partial charge in [-0.1, -0.05) is 11.6 Å². The summed E-state index contributed by atoms with van der Waals surface area (Å²) in [5, 5.41) is 0.127. The Hall–Kier alpha value is -0.410. The Morgan fingerprint density at radius 1 is 1.50 bits per heavy atom. The molecule has 0 aliphatic carbocycles. The fourth-order valence-corrected chi connectivity index (χ4v) is 1.69. The molecule has 0 aliphatic rings. The zero-order valence-corrected chi connectivity index (χ0v) is 8.30. The second kappa shape index (κ2) is 4.01. The molecule has 0 aromatic heterocycles. The van der Waals surface area contributed by atoms with Gasteiger partial charge in [0.2, 0.25) is 0 Å². The fourth-order valence-electron chi connectivity index (χ4n) is 0.829. The van der Waals surface area contributed by atoms with E-state index in [1.807, 2.05) is 6.26 Å². The molecule has 0 N–H and O–H groups in total. The van der Waals surface area contributed by atoms with E-state index in [0.29, 0.717) is 0 Å². The highest BCUT2D eigenvalue weighted by Crippen LogP contribution is 2.32. The number of benzene rings is 1. The Morgan fingerprint density at radius 3 is 2.67 bits per heavy atom. The molecule has 0 aliphatic heterocycles. The van der Waals surface area contributed by atoms with Crippen LogP contribution in [0.2, 0.25) is 5.02 Å². The van der Waals surface area contributed by atoms with Crippen LogP contribution < -0.4 is 4.74 Å². The van der Waals surface area contributed by atoms with Crippen molar-refractivity contribution in [1.82, 2.24) is 0 Å². The first kappa shape index (κ1) is 9.68. The lowest BCUT2D eigenvalue weighted by Gasteiger charge is -2.05. The maximum absolute atomic E-state index is 13.2. The van der Waals surface area contributed by atoms with Gasteiger partial charge in [0.1, 0.15) is 0 Å². The van der Waals surface area contributed by atoms with E-state index in [-0.39, 0.29) is 10.8 Å². The maximum atomic E-state index is 13.2. The third-order valence-electron chi connectivity index (χ3n) is 1.45. The summed E-state index contributed by atoms with van der Waals surface area (Å²) in [4.78, 5) is 0.718. The first-order chi connectivity index (χ1) is 5.70. The topological polar surface area (TPSA) is 9.23 Å². The van der Waals surface area contributed by atoms with Gasteiger partial charge >= 0.3 is 0 Å². The standard InChI is InChI=1S/C8H8ClFOS/c1-11-5-3-4-6(12-2)7(9)8(5)10/h3-4H,1-2H3. The number of rotatable bonds is 2. The van der Waals surface area contributed by atoms with Gasteiger partial charge in [0, 0.05) is 4.90 Å². The Bertz CT molecular complexity index is 262. The summed E-state index contributed by atoms with van der Waals surface area (Å²) in [5.74, 6) is -0.316. The van der Waals surface area contributed by atoms with E-state index in [9.17, 15) is 4.39 Å². The molecule has 0 bridgehead atoms. The highest BCUT2D eigenvalue weighted by atomic mass is 35.5. The lowest BCUT2D eigenvalue weighted by molar-refractivity contribution is 0.386. The minimum atomic E-state index is -0.494. The van der Waals surface area contributed by atoms with Gasteiger partial charge in [-0.05, 0) is 18.4 Å². The SMILES string of the molecule is COc1ccc(SC)c(Cl)c1F. The average Bonchev–Trinajstić information content (AvgIpc) is 2.10. The fraction of sp³-hybridized carbons (Fsp3) is 0.250. The molecule has 0 saturated heterocycles. The van der Waals surface area contributed by atoms with Crippen LogP contribution in [0.1, 0.15) is 0 Å². The summed E-state index contributed by atoms with van der Waals surface area (Å²) < 4.78 is 17.9. The number of ether oxygens (including phenoxy) is 1. The second-order valence-electron chi connectivity index (χ2n) is 2.10. The van der Waals surface area contributed by atoms with Gasteiger partial charge < -0.3 is 4.74 Å². The molecule has 1 aromatic carbocycles. The molecule has 0 amide bonds.